The zero-order valence-electron chi connectivity index (χ0n) is 13.7. The molecular formula is C15H30N2O3P+. The van der Waals surface area contributed by atoms with Crippen LogP contribution in [0.15, 0.2) is 18.7 Å². The Morgan fingerprint density at radius 2 is 1.57 bits per heavy atom. The summed E-state index contributed by atoms with van der Waals surface area (Å²) >= 11 is 0. The van der Waals surface area contributed by atoms with Crippen molar-refractivity contribution < 1.29 is 13.7 Å². The van der Waals surface area contributed by atoms with Crippen LogP contribution < -0.4 is 4.62 Å². The predicted molar refractivity (Wildman–Crippen MR) is 87.2 cm³/mol. The molecule has 1 aromatic heterocycles. The van der Waals surface area contributed by atoms with Gasteiger partial charge in [-0.2, -0.15) is 13.7 Å². The van der Waals surface area contributed by atoms with E-state index in [0.29, 0.717) is 13.2 Å². The molecule has 1 rings (SSSR count). The first-order chi connectivity index (χ1) is 10.3. The lowest BCUT2D eigenvalue weighted by Crippen LogP contribution is -2.21. The van der Waals surface area contributed by atoms with Crippen LogP contribution in [0.4, 0.5) is 0 Å². The molecule has 0 saturated heterocycles. The van der Waals surface area contributed by atoms with Crippen LogP contribution in [0.25, 0.3) is 0 Å². The zero-order chi connectivity index (χ0) is 15.4. The number of imidazole rings is 1. The van der Waals surface area contributed by atoms with E-state index in [1.165, 1.54) is 0 Å². The average Bonchev–Trinajstić information content (AvgIpc) is 2.98. The van der Waals surface area contributed by atoms with Crippen molar-refractivity contribution >= 4 is 7.94 Å². The minimum atomic E-state index is -2.34. The van der Waals surface area contributed by atoms with Gasteiger partial charge in [0.25, 0.3) is 0 Å². The first-order valence-electron chi connectivity index (χ1n) is 8.11. The van der Waals surface area contributed by atoms with E-state index in [2.05, 4.69) is 25.8 Å². The van der Waals surface area contributed by atoms with Gasteiger partial charge in [0, 0.05) is 6.20 Å². The summed E-state index contributed by atoms with van der Waals surface area (Å²) in [4.78, 5) is 4.02. The fourth-order valence-corrected chi connectivity index (χ4v) is 4.15. The van der Waals surface area contributed by atoms with E-state index in [4.69, 9.17) is 13.7 Å². The second kappa shape index (κ2) is 11.0. The minimum Gasteiger partial charge on any atom is -0.241 e. The molecule has 1 heterocycles. The molecule has 0 fully saturated rings. The van der Waals surface area contributed by atoms with Gasteiger partial charge in [-0.1, -0.05) is 40.0 Å². The molecule has 5 nitrogen and oxygen atoms in total. The number of unbranched alkanes of at least 4 members (excludes halogenated alkanes) is 3. The third kappa shape index (κ3) is 7.25. The molecule has 0 atom stereocenters. The standard InChI is InChI=1S/C15H30N2O3P/c1-4-7-12-18-21(14-9-6-3,19-13-8-5-2)20-17-11-10-16-15-17/h10-11,15H,4-9,12-14H2,1-3H3/q+1. The Morgan fingerprint density at radius 3 is 2.05 bits per heavy atom. The Bertz CT molecular complexity index is 337. The molecule has 21 heavy (non-hydrogen) atoms. The number of nitrogens with zero attached hydrogens (tertiary/aromatic N) is 2. The second-order valence-corrected chi connectivity index (χ2v) is 7.41. The van der Waals surface area contributed by atoms with Crippen LogP contribution in [0.2, 0.25) is 0 Å². The average molecular weight is 317 g/mol. The number of rotatable bonds is 13. The number of aromatic nitrogens is 2. The zero-order valence-corrected chi connectivity index (χ0v) is 14.6. The normalized spacial score (nSPS) is 11.8. The van der Waals surface area contributed by atoms with Gasteiger partial charge in [0.2, 0.25) is 0 Å². The predicted octanol–water partition coefficient (Wildman–Crippen LogP) is 4.51. The summed E-state index contributed by atoms with van der Waals surface area (Å²) in [6.07, 6.45) is 12.4. The fourth-order valence-electron chi connectivity index (χ4n) is 1.74. The maximum absolute atomic E-state index is 6.11. The topological polar surface area (TPSA) is 45.5 Å². The van der Waals surface area contributed by atoms with Crippen LogP contribution in [0.1, 0.15) is 59.3 Å². The van der Waals surface area contributed by atoms with Crippen molar-refractivity contribution in [3.8, 4) is 0 Å². The van der Waals surface area contributed by atoms with Gasteiger partial charge in [0.1, 0.15) is 6.33 Å². The van der Waals surface area contributed by atoms with Gasteiger partial charge in [0.05, 0.1) is 19.4 Å². The van der Waals surface area contributed by atoms with Crippen LogP contribution in [-0.4, -0.2) is 29.1 Å². The molecule has 0 N–H and O–H groups in total. The summed E-state index contributed by atoms with van der Waals surface area (Å²) in [5.41, 5.74) is 0. The molecule has 0 bridgehead atoms. The summed E-state index contributed by atoms with van der Waals surface area (Å²) < 4.78 is 19.9. The Labute approximate surface area is 129 Å². The summed E-state index contributed by atoms with van der Waals surface area (Å²) in [5.74, 6) is 0. The van der Waals surface area contributed by atoms with E-state index in [9.17, 15) is 0 Å². The van der Waals surface area contributed by atoms with Crippen molar-refractivity contribution in [2.24, 2.45) is 0 Å². The van der Waals surface area contributed by atoms with Crippen molar-refractivity contribution in [2.75, 3.05) is 19.4 Å². The maximum atomic E-state index is 6.11. The van der Waals surface area contributed by atoms with Gasteiger partial charge in [-0.15, -0.1) is 4.73 Å². The fraction of sp³-hybridized carbons (Fsp3) is 0.800. The van der Waals surface area contributed by atoms with Crippen molar-refractivity contribution in [3.05, 3.63) is 18.7 Å². The molecule has 0 aliphatic carbocycles. The maximum Gasteiger partial charge on any atom is 0.488 e. The van der Waals surface area contributed by atoms with Crippen LogP contribution in [0.3, 0.4) is 0 Å². The van der Waals surface area contributed by atoms with Crippen LogP contribution in [0.5, 0.6) is 0 Å². The Balaban J connectivity index is 2.72. The highest BCUT2D eigenvalue weighted by Gasteiger charge is 2.47. The van der Waals surface area contributed by atoms with E-state index in [-0.39, 0.29) is 0 Å². The molecule has 0 aromatic carbocycles. The van der Waals surface area contributed by atoms with Crippen molar-refractivity contribution in [1.82, 2.24) is 9.71 Å². The third-order valence-corrected chi connectivity index (χ3v) is 5.51. The molecule has 0 saturated carbocycles. The van der Waals surface area contributed by atoms with Crippen LogP contribution in [-0.2, 0) is 9.05 Å². The van der Waals surface area contributed by atoms with Gasteiger partial charge in [-0.3, -0.25) is 0 Å². The second-order valence-electron chi connectivity index (χ2n) is 5.07. The lowest BCUT2D eigenvalue weighted by Gasteiger charge is -2.21. The summed E-state index contributed by atoms with van der Waals surface area (Å²) in [6.45, 7) is 7.86. The summed E-state index contributed by atoms with van der Waals surface area (Å²) in [7, 11) is -2.34. The molecule has 1 aromatic rings. The molecule has 122 valence electrons. The molecule has 0 aliphatic heterocycles. The smallest absolute Gasteiger partial charge is 0.241 e. The quantitative estimate of drug-likeness (QED) is 0.397. The van der Waals surface area contributed by atoms with E-state index < -0.39 is 7.94 Å². The first-order valence-corrected chi connectivity index (χ1v) is 9.84. The molecule has 0 spiro atoms. The van der Waals surface area contributed by atoms with Gasteiger partial charge < -0.3 is 0 Å². The highest BCUT2D eigenvalue weighted by Crippen LogP contribution is 2.60. The van der Waals surface area contributed by atoms with E-state index in [1.54, 1.807) is 23.5 Å². The van der Waals surface area contributed by atoms with Gasteiger partial charge >= 0.3 is 7.94 Å². The third-order valence-electron chi connectivity index (χ3n) is 3.06. The Hall–Kier alpha value is -0.640. The van der Waals surface area contributed by atoms with Crippen molar-refractivity contribution in [3.63, 3.8) is 0 Å². The summed E-state index contributed by atoms with van der Waals surface area (Å²) in [6, 6.07) is 0. The Kier molecular flexibility index (Phi) is 9.64. The number of hydrogen-bond acceptors (Lipinski definition) is 4. The lowest BCUT2D eigenvalue weighted by atomic mass is 10.4. The molecular weight excluding hydrogens is 287 g/mol. The SMILES string of the molecule is CCCCO[P+](CCCC)(OCCCC)On1ccnc1. The van der Waals surface area contributed by atoms with E-state index in [0.717, 1.165) is 44.7 Å². The Morgan fingerprint density at radius 1 is 0.952 bits per heavy atom. The molecule has 6 heteroatoms. The van der Waals surface area contributed by atoms with E-state index in [1.807, 2.05) is 0 Å². The first kappa shape index (κ1) is 18.4. The number of hydrogen-bond donors (Lipinski definition) is 0. The molecule has 0 aliphatic rings. The van der Waals surface area contributed by atoms with Crippen LogP contribution in [0, 0.1) is 0 Å². The molecule has 0 amide bonds. The van der Waals surface area contributed by atoms with Gasteiger partial charge in [0.15, 0.2) is 6.16 Å². The van der Waals surface area contributed by atoms with E-state index >= 15 is 0 Å². The highest BCUT2D eigenvalue weighted by molar-refractivity contribution is 7.61. The minimum absolute atomic E-state index is 0.689. The van der Waals surface area contributed by atoms with Crippen molar-refractivity contribution in [1.29, 1.82) is 0 Å². The van der Waals surface area contributed by atoms with Gasteiger partial charge in [-0.05, 0) is 19.3 Å². The lowest BCUT2D eigenvalue weighted by molar-refractivity contribution is 0.122. The summed E-state index contributed by atoms with van der Waals surface area (Å²) in [5, 5.41) is 0. The van der Waals surface area contributed by atoms with Gasteiger partial charge in [-0.25, -0.2) is 4.98 Å². The monoisotopic (exact) mass is 317 g/mol. The molecule has 0 radical (unpaired) electrons. The van der Waals surface area contributed by atoms with Crippen molar-refractivity contribution in [2.45, 2.75) is 59.3 Å². The largest absolute Gasteiger partial charge is 0.488 e. The van der Waals surface area contributed by atoms with Crippen LogP contribution >= 0.6 is 7.94 Å². The molecule has 0 unspecified atom stereocenters. The highest BCUT2D eigenvalue weighted by atomic mass is 31.2.